The fourth-order valence-corrected chi connectivity index (χ4v) is 3.52. The Morgan fingerprint density at radius 2 is 2.05 bits per heavy atom. The van der Waals surface area contributed by atoms with E-state index in [2.05, 4.69) is 5.32 Å². The molecule has 1 aliphatic heterocycles. The number of rotatable bonds is 6. The predicted octanol–water partition coefficient (Wildman–Crippen LogP) is 1.23. The zero-order chi connectivity index (χ0) is 15.3. The van der Waals surface area contributed by atoms with E-state index >= 15 is 0 Å². The molecular formula is C13H18ClFN2O3S. The van der Waals surface area contributed by atoms with Crippen LogP contribution in [0.3, 0.4) is 0 Å². The van der Waals surface area contributed by atoms with Crippen molar-refractivity contribution in [1.29, 1.82) is 0 Å². The summed E-state index contributed by atoms with van der Waals surface area (Å²) in [5.74, 6) is -0.458. The minimum Gasteiger partial charge on any atom is -0.379 e. The number of sulfonamides is 1. The van der Waals surface area contributed by atoms with Crippen LogP contribution in [0.5, 0.6) is 0 Å². The van der Waals surface area contributed by atoms with Crippen LogP contribution in [-0.2, 0) is 21.3 Å². The fraction of sp³-hybridized carbons (Fsp3) is 0.538. The second kappa shape index (κ2) is 7.51. The van der Waals surface area contributed by atoms with Crippen molar-refractivity contribution in [3.63, 3.8) is 0 Å². The van der Waals surface area contributed by atoms with Gasteiger partial charge in [-0.1, -0.05) is 17.7 Å². The van der Waals surface area contributed by atoms with E-state index in [0.29, 0.717) is 39.4 Å². The first kappa shape index (κ1) is 16.6. The molecule has 8 heteroatoms. The summed E-state index contributed by atoms with van der Waals surface area (Å²) in [7, 11) is -3.26. The van der Waals surface area contributed by atoms with Crippen LogP contribution in [-0.4, -0.2) is 51.3 Å². The number of morpholine rings is 1. The van der Waals surface area contributed by atoms with Crippen molar-refractivity contribution < 1.29 is 17.5 Å². The Kier molecular flexibility index (Phi) is 5.95. The van der Waals surface area contributed by atoms with E-state index in [4.69, 9.17) is 16.3 Å². The molecule has 1 fully saturated rings. The van der Waals surface area contributed by atoms with Crippen LogP contribution in [0.1, 0.15) is 5.56 Å². The Bertz CT molecular complexity index is 577. The van der Waals surface area contributed by atoms with Crippen molar-refractivity contribution in [3.8, 4) is 0 Å². The topological polar surface area (TPSA) is 58.6 Å². The zero-order valence-corrected chi connectivity index (χ0v) is 13.1. The number of nitrogens with zero attached hydrogens (tertiary/aromatic N) is 1. The molecule has 5 nitrogen and oxygen atoms in total. The Morgan fingerprint density at radius 3 is 2.71 bits per heavy atom. The molecule has 1 N–H and O–H groups in total. The maximum Gasteiger partial charge on any atom is 0.215 e. The molecule has 0 bridgehead atoms. The van der Waals surface area contributed by atoms with E-state index in [0.717, 1.165) is 5.56 Å². The zero-order valence-electron chi connectivity index (χ0n) is 11.5. The summed E-state index contributed by atoms with van der Waals surface area (Å²) in [6, 6.07) is 4.53. The van der Waals surface area contributed by atoms with Gasteiger partial charge in [0.05, 0.1) is 24.0 Å². The summed E-state index contributed by atoms with van der Waals surface area (Å²) in [6.07, 6.45) is 0. The third-order valence-corrected chi connectivity index (χ3v) is 5.39. The summed E-state index contributed by atoms with van der Waals surface area (Å²) in [4.78, 5) is 0. The highest BCUT2D eigenvalue weighted by atomic mass is 35.5. The molecule has 1 aromatic rings. The van der Waals surface area contributed by atoms with Gasteiger partial charge in [0.25, 0.3) is 0 Å². The quantitative estimate of drug-likeness (QED) is 0.794. The molecule has 0 atom stereocenters. The van der Waals surface area contributed by atoms with Crippen molar-refractivity contribution in [2.45, 2.75) is 6.54 Å². The van der Waals surface area contributed by atoms with Gasteiger partial charge in [0, 0.05) is 26.2 Å². The lowest BCUT2D eigenvalue weighted by molar-refractivity contribution is 0.0730. The van der Waals surface area contributed by atoms with Gasteiger partial charge >= 0.3 is 0 Å². The van der Waals surface area contributed by atoms with Crippen LogP contribution in [0.25, 0.3) is 0 Å². The monoisotopic (exact) mass is 336 g/mol. The van der Waals surface area contributed by atoms with Crippen LogP contribution in [0.2, 0.25) is 5.02 Å². The van der Waals surface area contributed by atoms with Crippen molar-refractivity contribution in [2.75, 3.05) is 38.6 Å². The maximum atomic E-state index is 13.2. The summed E-state index contributed by atoms with van der Waals surface area (Å²) in [5, 5.41) is 3.07. The third-order valence-electron chi connectivity index (χ3n) is 3.21. The summed E-state index contributed by atoms with van der Waals surface area (Å²) in [5.41, 5.74) is 0.723. The first-order valence-corrected chi connectivity index (χ1v) is 8.68. The Hall–Kier alpha value is -0.730. The molecule has 0 aliphatic carbocycles. The highest BCUT2D eigenvalue weighted by Gasteiger charge is 2.23. The van der Waals surface area contributed by atoms with Gasteiger partial charge in [0.1, 0.15) is 5.82 Å². The maximum absolute atomic E-state index is 13.2. The largest absolute Gasteiger partial charge is 0.379 e. The molecule has 1 aliphatic rings. The molecule has 0 spiro atoms. The number of hydrogen-bond donors (Lipinski definition) is 1. The smallest absolute Gasteiger partial charge is 0.215 e. The number of halogens is 2. The van der Waals surface area contributed by atoms with Gasteiger partial charge in [-0.2, -0.15) is 4.31 Å². The highest BCUT2D eigenvalue weighted by Crippen LogP contribution is 2.15. The molecule has 0 radical (unpaired) electrons. The van der Waals surface area contributed by atoms with Gasteiger partial charge in [-0.15, -0.1) is 0 Å². The highest BCUT2D eigenvalue weighted by molar-refractivity contribution is 7.89. The standard InChI is InChI=1S/C13H18ClFN2O3S/c14-12-2-1-11(9-13(12)15)10-16-3-8-21(18,19)17-4-6-20-7-5-17/h1-2,9,16H,3-8,10H2. The van der Waals surface area contributed by atoms with Gasteiger partial charge in [0.15, 0.2) is 0 Å². The molecule has 0 amide bonds. The van der Waals surface area contributed by atoms with E-state index in [-0.39, 0.29) is 10.8 Å². The normalized spacial score (nSPS) is 17.0. The lowest BCUT2D eigenvalue weighted by Gasteiger charge is -2.26. The van der Waals surface area contributed by atoms with Crippen LogP contribution in [0.4, 0.5) is 4.39 Å². The SMILES string of the molecule is O=S(=O)(CCNCc1ccc(Cl)c(F)c1)N1CCOCC1. The van der Waals surface area contributed by atoms with Gasteiger partial charge in [-0.25, -0.2) is 12.8 Å². The molecule has 2 rings (SSSR count). The number of ether oxygens (including phenoxy) is 1. The van der Waals surface area contributed by atoms with Crippen LogP contribution >= 0.6 is 11.6 Å². The first-order valence-electron chi connectivity index (χ1n) is 6.69. The van der Waals surface area contributed by atoms with Crippen LogP contribution < -0.4 is 5.32 Å². The van der Waals surface area contributed by atoms with E-state index in [1.54, 1.807) is 6.07 Å². The van der Waals surface area contributed by atoms with Gasteiger partial charge in [-0.05, 0) is 17.7 Å². The van der Waals surface area contributed by atoms with Gasteiger partial charge < -0.3 is 10.1 Å². The summed E-state index contributed by atoms with van der Waals surface area (Å²) >= 11 is 5.60. The molecule has 1 heterocycles. The van der Waals surface area contributed by atoms with Crippen molar-refractivity contribution in [1.82, 2.24) is 9.62 Å². The third kappa shape index (κ3) is 4.89. The Balaban J connectivity index is 1.77. The van der Waals surface area contributed by atoms with E-state index in [1.165, 1.54) is 16.4 Å². The molecular weight excluding hydrogens is 319 g/mol. The molecule has 1 aromatic carbocycles. The molecule has 0 aromatic heterocycles. The van der Waals surface area contributed by atoms with Crippen LogP contribution in [0.15, 0.2) is 18.2 Å². The first-order chi connectivity index (χ1) is 9.99. The van der Waals surface area contributed by atoms with Crippen LogP contribution in [0, 0.1) is 5.82 Å². The van der Waals surface area contributed by atoms with Gasteiger partial charge in [-0.3, -0.25) is 0 Å². The van der Waals surface area contributed by atoms with E-state index < -0.39 is 15.8 Å². The Morgan fingerprint density at radius 1 is 1.33 bits per heavy atom. The molecule has 21 heavy (non-hydrogen) atoms. The lowest BCUT2D eigenvalue weighted by atomic mass is 10.2. The number of benzene rings is 1. The minimum absolute atomic E-state index is 0.0169. The average Bonchev–Trinajstić information content (AvgIpc) is 2.48. The second-order valence-corrected chi connectivity index (χ2v) is 7.25. The molecule has 118 valence electrons. The molecule has 1 saturated heterocycles. The average molecular weight is 337 g/mol. The van der Waals surface area contributed by atoms with Crippen molar-refractivity contribution >= 4 is 21.6 Å². The van der Waals surface area contributed by atoms with Crippen molar-refractivity contribution in [3.05, 3.63) is 34.6 Å². The predicted molar refractivity (Wildman–Crippen MR) is 79.3 cm³/mol. The summed E-state index contributed by atoms with van der Waals surface area (Å²) in [6.45, 7) is 2.40. The fourth-order valence-electron chi connectivity index (χ4n) is 2.04. The second-order valence-electron chi connectivity index (χ2n) is 4.75. The van der Waals surface area contributed by atoms with Gasteiger partial charge in [0.2, 0.25) is 10.0 Å². The minimum atomic E-state index is -3.26. The van der Waals surface area contributed by atoms with E-state index in [9.17, 15) is 12.8 Å². The number of hydrogen-bond acceptors (Lipinski definition) is 4. The Labute approximate surface area is 129 Å². The van der Waals surface area contributed by atoms with Crippen molar-refractivity contribution in [2.24, 2.45) is 0 Å². The number of nitrogens with one attached hydrogen (secondary N) is 1. The summed E-state index contributed by atoms with van der Waals surface area (Å²) < 4.78 is 43.9. The van der Waals surface area contributed by atoms with E-state index in [1.807, 2.05) is 0 Å². The lowest BCUT2D eigenvalue weighted by Crippen LogP contribution is -2.43. The molecule has 0 unspecified atom stereocenters. The molecule has 0 saturated carbocycles.